The molecule has 1 unspecified atom stereocenters. The average Bonchev–Trinajstić information content (AvgIpc) is 2.37. The number of hydrogen-bond acceptors (Lipinski definition) is 3. The second kappa shape index (κ2) is 7.99. The lowest BCUT2D eigenvalue weighted by Crippen LogP contribution is -2.44. The first kappa shape index (κ1) is 19.0. The Hall–Kier alpha value is -2.04. The summed E-state index contributed by atoms with van der Waals surface area (Å²) in [4.78, 5) is 23.1. The van der Waals surface area contributed by atoms with Gasteiger partial charge in [-0.1, -0.05) is 38.1 Å². The van der Waals surface area contributed by atoms with Gasteiger partial charge < -0.3 is 15.2 Å². The summed E-state index contributed by atoms with van der Waals surface area (Å²) in [5, 5.41) is 11.7. The molecule has 0 heterocycles. The Balaban J connectivity index is 2.69. The van der Waals surface area contributed by atoms with E-state index >= 15 is 0 Å². The first-order valence-corrected chi connectivity index (χ1v) is 7.87. The molecule has 5 nitrogen and oxygen atoms in total. The van der Waals surface area contributed by atoms with Crippen molar-refractivity contribution in [2.75, 3.05) is 0 Å². The van der Waals surface area contributed by atoms with E-state index in [-0.39, 0.29) is 6.42 Å². The highest BCUT2D eigenvalue weighted by Gasteiger charge is 2.24. The maximum Gasteiger partial charge on any atom is 0.408 e. The van der Waals surface area contributed by atoms with Crippen LogP contribution in [0, 0.1) is 5.92 Å². The number of ether oxygens (including phenoxy) is 1. The van der Waals surface area contributed by atoms with Gasteiger partial charge in [0, 0.05) is 6.42 Å². The molecule has 1 atom stereocenters. The van der Waals surface area contributed by atoms with Gasteiger partial charge in [-0.25, -0.2) is 9.59 Å². The van der Waals surface area contributed by atoms with Crippen molar-refractivity contribution in [1.29, 1.82) is 0 Å². The van der Waals surface area contributed by atoms with Crippen LogP contribution in [0.3, 0.4) is 0 Å². The van der Waals surface area contributed by atoms with Crippen molar-refractivity contribution in [2.45, 2.75) is 59.1 Å². The molecule has 0 aliphatic rings. The minimum atomic E-state index is -1.08. The molecule has 128 valence electrons. The Bertz CT molecular complexity index is 529. The molecule has 0 saturated heterocycles. The van der Waals surface area contributed by atoms with Gasteiger partial charge in [0.1, 0.15) is 11.6 Å². The van der Waals surface area contributed by atoms with Crippen molar-refractivity contribution in [3.8, 4) is 0 Å². The number of nitrogens with one attached hydrogen (secondary N) is 1. The van der Waals surface area contributed by atoms with E-state index in [0.29, 0.717) is 5.92 Å². The van der Waals surface area contributed by atoms with E-state index in [9.17, 15) is 14.7 Å². The van der Waals surface area contributed by atoms with Crippen LogP contribution in [0.4, 0.5) is 4.79 Å². The maximum absolute atomic E-state index is 11.7. The zero-order valence-corrected chi connectivity index (χ0v) is 14.6. The van der Waals surface area contributed by atoms with Crippen molar-refractivity contribution in [3.63, 3.8) is 0 Å². The monoisotopic (exact) mass is 321 g/mol. The van der Waals surface area contributed by atoms with Crippen LogP contribution >= 0.6 is 0 Å². The smallest absolute Gasteiger partial charge is 0.408 e. The van der Waals surface area contributed by atoms with Crippen molar-refractivity contribution >= 4 is 12.1 Å². The molecular weight excluding hydrogens is 294 g/mol. The van der Waals surface area contributed by atoms with E-state index in [1.807, 2.05) is 24.3 Å². The lowest BCUT2D eigenvalue weighted by Gasteiger charge is -2.22. The second-order valence-electron chi connectivity index (χ2n) is 7.16. The predicted molar refractivity (Wildman–Crippen MR) is 89.5 cm³/mol. The second-order valence-corrected chi connectivity index (χ2v) is 7.16. The Morgan fingerprint density at radius 3 is 1.96 bits per heavy atom. The topological polar surface area (TPSA) is 75.6 Å². The van der Waals surface area contributed by atoms with Gasteiger partial charge in [0.05, 0.1) is 0 Å². The number of aliphatic carboxylic acids is 1. The zero-order valence-electron chi connectivity index (χ0n) is 14.6. The highest BCUT2D eigenvalue weighted by molar-refractivity contribution is 5.80. The van der Waals surface area contributed by atoms with Gasteiger partial charge in [0.15, 0.2) is 0 Å². The summed E-state index contributed by atoms with van der Waals surface area (Å²) >= 11 is 0. The molecule has 1 aromatic carbocycles. The Kier molecular flexibility index (Phi) is 6.61. The number of alkyl carbamates (subject to hydrolysis) is 1. The highest BCUT2D eigenvalue weighted by Crippen LogP contribution is 2.12. The Morgan fingerprint density at radius 1 is 1.09 bits per heavy atom. The molecule has 23 heavy (non-hydrogen) atoms. The third-order valence-electron chi connectivity index (χ3n) is 3.10. The van der Waals surface area contributed by atoms with E-state index in [1.165, 1.54) is 5.56 Å². The number of carbonyl (C=O) groups excluding carboxylic acids is 1. The molecule has 5 heteroatoms. The van der Waals surface area contributed by atoms with Gasteiger partial charge in [-0.3, -0.25) is 0 Å². The predicted octanol–water partition coefficient (Wildman–Crippen LogP) is 3.41. The highest BCUT2D eigenvalue weighted by atomic mass is 16.6. The lowest BCUT2D eigenvalue weighted by molar-refractivity contribution is -0.139. The summed E-state index contributed by atoms with van der Waals surface area (Å²) in [7, 11) is 0. The standard InChI is InChI=1S/C18H27NO4/c1-12(2)10-13-6-8-14(9-7-13)11-15(16(20)21)19-17(22)23-18(3,4)5/h6-9,12,15H,10-11H2,1-5H3,(H,19,22)(H,20,21). The molecule has 1 aromatic rings. The fraction of sp³-hybridized carbons (Fsp3) is 0.556. The normalized spacial score (nSPS) is 12.8. The molecule has 0 aliphatic carbocycles. The van der Waals surface area contributed by atoms with E-state index in [1.54, 1.807) is 20.8 Å². The summed E-state index contributed by atoms with van der Waals surface area (Å²) in [6.07, 6.45) is 0.483. The number of benzene rings is 1. The number of carbonyl (C=O) groups is 2. The average molecular weight is 321 g/mol. The van der Waals surface area contributed by atoms with Gasteiger partial charge in [0.2, 0.25) is 0 Å². The first-order chi connectivity index (χ1) is 10.6. The quantitative estimate of drug-likeness (QED) is 0.842. The van der Waals surface area contributed by atoms with Crippen LogP contribution in [0.15, 0.2) is 24.3 Å². The summed E-state index contributed by atoms with van der Waals surface area (Å²) in [6.45, 7) is 9.50. The van der Waals surface area contributed by atoms with Crippen LogP contribution in [0.5, 0.6) is 0 Å². The largest absolute Gasteiger partial charge is 0.480 e. The SMILES string of the molecule is CC(C)Cc1ccc(CC(NC(=O)OC(C)(C)C)C(=O)O)cc1. The fourth-order valence-electron chi connectivity index (χ4n) is 2.17. The third-order valence-corrected chi connectivity index (χ3v) is 3.10. The number of hydrogen-bond donors (Lipinski definition) is 2. The lowest BCUT2D eigenvalue weighted by atomic mass is 9.99. The van der Waals surface area contributed by atoms with Crippen molar-refractivity contribution in [1.82, 2.24) is 5.32 Å². The van der Waals surface area contributed by atoms with Gasteiger partial charge in [0.25, 0.3) is 0 Å². The Labute approximate surface area is 138 Å². The van der Waals surface area contributed by atoms with Crippen molar-refractivity contribution in [2.24, 2.45) is 5.92 Å². The maximum atomic E-state index is 11.7. The van der Waals surface area contributed by atoms with Crippen LogP contribution in [0.1, 0.15) is 45.7 Å². The molecular formula is C18H27NO4. The van der Waals surface area contributed by atoms with Gasteiger partial charge >= 0.3 is 12.1 Å². The van der Waals surface area contributed by atoms with Crippen LogP contribution < -0.4 is 5.32 Å². The first-order valence-electron chi connectivity index (χ1n) is 7.87. The minimum absolute atomic E-state index is 0.219. The van der Waals surface area contributed by atoms with Gasteiger partial charge in [-0.2, -0.15) is 0 Å². The van der Waals surface area contributed by atoms with Crippen LogP contribution in [-0.4, -0.2) is 28.8 Å². The number of amides is 1. The van der Waals surface area contributed by atoms with Crippen LogP contribution in [0.25, 0.3) is 0 Å². The molecule has 1 rings (SSSR count). The molecule has 0 radical (unpaired) electrons. The zero-order chi connectivity index (χ0) is 17.6. The van der Waals surface area contributed by atoms with E-state index < -0.39 is 23.7 Å². The molecule has 1 amide bonds. The van der Waals surface area contributed by atoms with E-state index in [4.69, 9.17) is 4.74 Å². The summed E-state index contributed by atoms with van der Waals surface area (Å²) in [6, 6.07) is 6.80. The summed E-state index contributed by atoms with van der Waals surface area (Å²) in [5.74, 6) is -0.511. The molecule has 0 bridgehead atoms. The van der Waals surface area contributed by atoms with Gasteiger partial charge in [-0.05, 0) is 44.2 Å². The summed E-state index contributed by atoms with van der Waals surface area (Å²) in [5.41, 5.74) is 1.42. The number of rotatable bonds is 6. The van der Waals surface area contributed by atoms with Crippen LogP contribution in [0.2, 0.25) is 0 Å². The molecule has 0 aromatic heterocycles. The molecule has 0 fully saturated rings. The van der Waals surface area contributed by atoms with Crippen molar-refractivity contribution in [3.05, 3.63) is 35.4 Å². The minimum Gasteiger partial charge on any atom is -0.480 e. The van der Waals surface area contributed by atoms with Gasteiger partial charge in [-0.15, -0.1) is 0 Å². The molecule has 0 spiro atoms. The molecule has 0 saturated carbocycles. The van der Waals surface area contributed by atoms with Crippen LogP contribution in [-0.2, 0) is 22.4 Å². The summed E-state index contributed by atoms with van der Waals surface area (Å²) < 4.78 is 5.11. The molecule has 0 aliphatic heterocycles. The number of carboxylic acids is 1. The Morgan fingerprint density at radius 2 is 1.57 bits per heavy atom. The van der Waals surface area contributed by atoms with E-state index in [0.717, 1.165) is 12.0 Å². The van der Waals surface area contributed by atoms with Crippen molar-refractivity contribution < 1.29 is 19.4 Å². The third kappa shape index (κ3) is 7.68. The fourth-order valence-corrected chi connectivity index (χ4v) is 2.17. The van der Waals surface area contributed by atoms with E-state index in [2.05, 4.69) is 19.2 Å². The number of carboxylic acid groups (broad SMARTS) is 1. The molecule has 2 N–H and O–H groups in total.